The molecule has 0 spiro atoms. The van der Waals surface area contributed by atoms with Gasteiger partial charge in [0.25, 0.3) is 0 Å². The molecule has 0 aliphatic carbocycles. The number of fused-ring (bicyclic) bond motifs is 1. The first-order valence-corrected chi connectivity index (χ1v) is 12.6. The van der Waals surface area contributed by atoms with Crippen LogP contribution >= 0.6 is 23.1 Å². The third-order valence-corrected chi connectivity index (χ3v) is 7.54. The van der Waals surface area contributed by atoms with E-state index in [-0.39, 0.29) is 18.1 Å². The number of carbonyl (C=O) groups is 2. The molecule has 0 bridgehead atoms. The molecule has 4 rings (SSSR count). The van der Waals surface area contributed by atoms with Gasteiger partial charge in [-0.2, -0.15) is 5.10 Å². The van der Waals surface area contributed by atoms with Crippen LogP contribution < -0.4 is 5.32 Å². The van der Waals surface area contributed by atoms with Crippen LogP contribution in [0.1, 0.15) is 36.2 Å². The standard InChI is InChI=1S/C24H25N5O3S2/c1-5-18(21(30)28-20-16(11-27-29(20)4)24(31)32-6-2)34-23-19-17(12-33-22(19)25-13-26-23)15-9-7-14(3)8-10-15/h7-13,18H,5-6H2,1-4H3,(H,28,30). The molecule has 10 heteroatoms. The van der Waals surface area contributed by atoms with Crippen molar-refractivity contribution < 1.29 is 14.3 Å². The number of benzene rings is 1. The number of esters is 1. The van der Waals surface area contributed by atoms with E-state index >= 15 is 0 Å². The molecule has 8 nitrogen and oxygen atoms in total. The molecule has 4 aromatic rings. The summed E-state index contributed by atoms with van der Waals surface area (Å²) in [6.45, 7) is 5.97. The van der Waals surface area contributed by atoms with E-state index in [1.54, 1.807) is 25.3 Å². The number of thiophene rings is 1. The fourth-order valence-electron chi connectivity index (χ4n) is 3.48. The summed E-state index contributed by atoms with van der Waals surface area (Å²) in [5.74, 6) is -0.447. The van der Waals surface area contributed by atoms with Crippen LogP contribution in [0.15, 0.2) is 47.2 Å². The number of rotatable bonds is 8. The Morgan fingerprint density at radius 1 is 1.21 bits per heavy atom. The van der Waals surface area contributed by atoms with Gasteiger partial charge < -0.3 is 10.1 Å². The summed E-state index contributed by atoms with van der Waals surface area (Å²) >= 11 is 2.95. The van der Waals surface area contributed by atoms with Gasteiger partial charge in [0.1, 0.15) is 27.6 Å². The van der Waals surface area contributed by atoms with Crippen molar-refractivity contribution in [3.05, 3.63) is 53.3 Å². The van der Waals surface area contributed by atoms with E-state index in [1.165, 1.54) is 34.5 Å². The third kappa shape index (κ3) is 4.83. The van der Waals surface area contributed by atoms with Crippen LogP contribution in [0.5, 0.6) is 0 Å². The third-order valence-electron chi connectivity index (χ3n) is 5.29. The number of thioether (sulfide) groups is 1. The van der Waals surface area contributed by atoms with Crippen LogP contribution in [0.4, 0.5) is 5.82 Å². The van der Waals surface area contributed by atoms with Crippen LogP contribution in [0.3, 0.4) is 0 Å². The molecule has 0 saturated heterocycles. The number of hydrogen-bond donors (Lipinski definition) is 1. The van der Waals surface area contributed by atoms with Gasteiger partial charge in [0.2, 0.25) is 5.91 Å². The van der Waals surface area contributed by atoms with Gasteiger partial charge in [-0.3, -0.25) is 9.48 Å². The van der Waals surface area contributed by atoms with Crippen LogP contribution in [0.2, 0.25) is 0 Å². The van der Waals surface area contributed by atoms with Crippen LogP contribution in [0, 0.1) is 6.92 Å². The Morgan fingerprint density at radius 2 is 1.97 bits per heavy atom. The number of ether oxygens (including phenoxy) is 1. The average Bonchev–Trinajstić information content (AvgIpc) is 3.42. The van der Waals surface area contributed by atoms with Crippen LogP contribution in [0.25, 0.3) is 21.3 Å². The summed E-state index contributed by atoms with van der Waals surface area (Å²) in [5.41, 5.74) is 3.55. The van der Waals surface area contributed by atoms with E-state index < -0.39 is 11.2 Å². The number of aromatic nitrogens is 4. The first kappa shape index (κ1) is 23.9. The molecule has 1 aromatic carbocycles. The van der Waals surface area contributed by atoms with Gasteiger partial charge >= 0.3 is 5.97 Å². The minimum absolute atomic E-state index is 0.224. The maximum absolute atomic E-state index is 13.2. The highest BCUT2D eigenvalue weighted by atomic mass is 32.2. The highest BCUT2D eigenvalue weighted by Crippen LogP contribution is 2.39. The Morgan fingerprint density at radius 3 is 2.68 bits per heavy atom. The van der Waals surface area contributed by atoms with Gasteiger partial charge in [-0.1, -0.05) is 48.5 Å². The minimum Gasteiger partial charge on any atom is -0.462 e. The maximum atomic E-state index is 13.2. The second-order valence-corrected chi connectivity index (χ2v) is 9.68. The average molecular weight is 496 g/mol. The lowest BCUT2D eigenvalue weighted by molar-refractivity contribution is -0.115. The monoisotopic (exact) mass is 495 g/mol. The summed E-state index contributed by atoms with van der Waals surface area (Å²) in [4.78, 5) is 35.3. The van der Waals surface area contributed by atoms with Gasteiger partial charge in [0.05, 0.1) is 23.4 Å². The number of amides is 1. The summed E-state index contributed by atoms with van der Waals surface area (Å²) in [6.07, 6.45) is 3.50. The smallest absolute Gasteiger partial charge is 0.343 e. The van der Waals surface area contributed by atoms with Crippen molar-refractivity contribution in [1.29, 1.82) is 0 Å². The van der Waals surface area contributed by atoms with Crippen molar-refractivity contribution in [2.45, 2.75) is 37.5 Å². The molecule has 0 aliphatic rings. The lowest BCUT2D eigenvalue weighted by Gasteiger charge is -2.16. The Balaban J connectivity index is 1.62. The molecule has 34 heavy (non-hydrogen) atoms. The van der Waals surface area contributed by atoms with E-state index in [4.69, 9.17) is 4.74 Å². The van der Waals surface area contributed by atoms with E-state index in [1.807, 2.05) is 6.92 Å². The second kappa shape index (κ2) is 10.4. The molecular formula is C24H25N5O3S2. The van der Waals surface area contributed by atoms with Crippen molar-refractivity contribution >= 4 is 51.0 Å². The van der Waals surface area contributed by atoms with Gasteiger partial charge in [-0.25, -0.2) is 14.8 Å². The van der Waals surface area contributed by atoms with Crippen molar-refractivity contribution in [2.75, 3.05) is 11.9 Å². The molecule has 1 unspecified atom stereocenters. The lowest BCUT2D eigenvalue weighted by Crippen LogP contribution is -2.27. The van der Waals surface area contributed by atoms with Gasteiger partial charge in [-0.05, 0) is 25.8 Å². The zero-order chi connectivity index (χ0) is 24.2. The molecule has 0 radical (unpaired) electrons. The van der Waals surface area contributed by atoms with Crippen molar-refractivity contribution in [3.8, 4) is 11.1 Å². The maximum Gasteiger partial charge on any atom is 0.343 e. The van der Waals surface area contributed by atoms with Crippen molar-refractivity contribution in [2.24, 2.45) is 7.05 Å². The molecule has 176 valence electrons. The van der Waals surface area contributed by atoms with Crippen LogP contribution in [-0.4, -0.2) is 43.5 Å². The fourth-order valence-corrected chi connectivity index (χ4v) is 5.50. The lowest BCUT2D eigenvalue weighted by atomic mass is 10.1. The molecule has 0 saturated carbocycles. The van der Waals surface area contributed by atoms with E-state index in [2.05, 4.69) is 57.0 Å². The molecule has 1 atom stereocenters. The summed E-state index contributed by atoms with van der Waals surface area (Å²) in [7, 11) is 1.67. The van der Waals surface area contributed by atoms with Crippen LogP contribution in [-0.2, 0) is 16.6 Å². The number of hydrogen-bond acceptors (Lipinski definition) is 8. The van der Waals surface area contributed by atoms with E-state index in [9.17, 15) is 9.59 Å². The molecule has 3 heterocycles. The minimum atomic E-state index is -0.523. The number of nitrogens with one attached hydrogen (secondary N) is 1. The molecule has 1 amide bonds. The second-order valence-electron chi connectivity index (χ2n) is 7.63. The predicted molar refractivity (Wildman–Crippen MR) is 135 cm³/mol. The largest absolute Gasteiger partial charge is 0.462 e. The number of carbonyl (C=O) groups excluding carboxylic acids is 2. The normalized spacial score (nSPS) is 12.0. The quantitative estimate of drug-likeness (QED) is 0.207. The van der Waals surface area contributed by atoms with Gasteiger partial charge in [0.15, 0.2) is 0 Å². The van der Waals surface area contributed by atoms with Gasteiger partial charge in [0, 0.05) is 18.0 Å². The number of nitrogens with zero attached hydrogens (tertiary/aromatic N) is 4. The first-order valence-electron chi connectivity index (χ1n) is 10.9. The van der Waals surface area contributed by atoms with Gasteiger partial charge in [-0.15, -0.1) is 11.3 Å². The highest BCUT2D eigenvalue weighted by Gasteiger charge is 2.25. The fraction of sp³-hybridized carbons (Fsp3) is 0.292. The molecule has 0 fully saturated rings. The highest BCUT2D eigenvalue weighted by molar-refractivity contribution is 8.00. The van der Waals surface area contributed by atoms with Crippen molar-refractivity contribution in [3.63, 3.8) is 0 Å². The van der Waals surface area contributed by atoms with Crippen molar-refractivity contribution in [1.82, 2.24) is 19.7 Å². The number of anilines is 1. The predicted octanol–water partition coefficient (Wildman–Crippen LogP) is 5.09. The zero-order valence-electron chi connectivity index (χ0n) is 19.4. The Kier molecular flexibility index (Phi) is 7.28. The molecule has 1 N–H and O–H groups in total. The SMILES string of the molecule is CCOC(=O)c1cnn(C)c1NC(=O)C(CC)Sc1ncnc2scc(-c3ccc(C)cc3)c12. The summed E-state index contributed by atoms with van der Waals surface area (Å²) < 4.78 is 6.54. The summed E-state index contributed by atoms with van der Waals surface area (Å²) in [6, 6.07) is 8.32. The zero-order valence-corrected chi connectivity index (χ0v) is 21.0. The van der Waals surface area contributed by atoms with E-state index in [0.717, 1.165) is 26.4 Å². The summed E-state index contributed by atoms with van der Waals surface area (Å²) in [5, 5.41) is 10.3. The molecule has 3 aromatic heterocycles. The molecule has 0 aliphatic heterocycles. The first-order chi connectivity index (χ1) is 16.4. The Hall–Kier alpha value is -3.24. The van der Waals surface area contributed by atoms with E-state index in [0.29, 0.717) is 12.2 Å². The Bertz CT molecular complexity index is 1330. The molecular weight excluding hydrogens is 470 g/mol. The Labute approximate surface area is 205 Å². The topological polar surface area (TPSA) is 99.0 Å². The number of aryl methyl sites for hydroxylation is 2.